The number of carbonyl (C=O) groups is 1. The third-order valence-electron chi connectivity index (χ3n) is 1.44. The summed E-state index contributed by atoms with van der Waals surface area (Å²) < 4.78 is 39.2. The Balaban J connectivity index is 3.18. The highest BCUT2D eigenvalue weighted by Gasteiger charge is 2.33. The van der Waals surface area contributed by atoms with Gasteiger partial charge in [0, 0.05) is 4.90 Å². The van der Waals surface area contributed by atoms with Crippen LogP contribution in [0.5, 0.6) is 5.75 Å². The molecule has 1 rings (SSSR count). The van der Waals surface area contributed by atoms with Gasteiger partial charge in [-0.15, -0.1) is 25.8 Å². The van der Waals surface area contributed by atoms with Crippen LogP contribution in [0.1, 0.15) is 10.4 Å². The molecule has 0 aromatic heterocycles. The number of ether oxygens (including phenoxy) is 1. The lowest BCUT2D eigenvalue weighted by molar-refractivity contribution is -0.274. The van der Waals surface area contributed by atoms with Gasteiger partial charge in [-0.3, -0.25) is 0 Å². The first-order chi connectivity index (χ1) is 6.81. The molecular weight excluding hydrogens is 233 g/mol. The number of hydrogen-bond acceptors (Lipinski definition) is 3. The minimum atomic E-state index is -4.92. The van der Waals surface area contributed by atoms with Crippen molar-refractivity contribution in [1.82, 2.24) is 0 Å². The highest BCUT2D eigenvalue weighted by atomic mass is 32.1. The summed E-state index contributed by atoms with van der Waals surface area (Å²) in [4.78, 5) is 10.5. The second-order valence-electron chi connectivity index (χ2n) is 2.50. The average molecular weight is 238 g/mol. The molecule has 0 aliphatic carbocycles. The molecule has 0 aliphatic heterocycles. The van der Waals surface area contributed by atoms with Crippen LogP contribution < -0.4 is 4.74 Å². The van der Waals surface area contributed by atoms with Crippen molar-refractivity contribution in [3.8, 4) is 5.75 Å². The normalized spacial score (nSPS) is 11.2. The molecule has 3 nitrogen and oxygen atoms in total. The van der Waals surface area contributed by atoms with Crippen molar-refractivity contribution < 1.29 is 27.8 Å². The van der Waals surface area contributed by atoms with Gasteiger partial charge in [-0.05, 0) is 12.1 Å². The molecule has 0 atom stereocenters. The summed E-state index contributed by atoms with van der Waals surface area (Å²) in [7, 11) is 0. The highest BCUT2D eigenvalue weighted by molar-refractivity contribution is 7.80. The lowest BCUT2D eigenvalue weighted by atomic mass is 10.2. The van der Waals surface area contributed by atoms with Gasteiger partial charge in [0.15, 0.2) is 0 Å². The number of carboxylic acid groups (broad SMARTS) is 1. The maximum absolute atomic E-state index is 11.9. The predicted octanol–water partition coefficient (Wildman–Crippen LogP) is 2.57. The molecule has 0 fully saturated rings. The van der Waals surface area contributed by atoms with Gasteiger partial charge < -0.3 is 9.84 Å². The number of benzene rings is 1. The van der Waals surface area contributed by atoms with E-state index in [9.17, 15) is 18.0 Å². The molecule has 0 heterocycles. The Kier molecular flexibility index (Phi) is 3.13. The van der Waals surface area contributed by atoms with Crippen LogP contribution >= 0.6 is 12.6 Å². The third kappa shape index (κ3) is 3.05. The monoisotopic (exact) mass is 238 g/mol. The molecule has 0 spiro atoms. The van der Waals surface area contributed by atoms with Gasteiger partial charge >= 0.3 is 12.3 Å². The van der Waals surface area contributed by atoms with E-state index >= 15 is 0 Å². The van der Waals surface area contributed by atoms with Crippen LogP contribution in [-0.2, 0) is 0 Å². The van der Waals surface area contributed by atoms with E-state index in [1.165, 1.54) is 12.1 Å². The number of carboxylic acids is 1. The summed E-state index contributed by atoms with van der Waals surface area (Å²) in [6.45, 7) is 0. The van der Waals surface area contributed by atoms with Gasteiger partial charge in [0.05, 0.1) is 0 Å². The lowest BCUT2D eigenvalue weighted by Gasteiger charge is -2.11. The van der Waals surface area contributed by atoms with Gasteiger partial charge in [0.1, 0.15) is 11.3 Å². The molecular formula is C8H5F3O3S. The summed E-state index contributed by atoms with van der Waals surface area (Å²) in [5.41, 5.74) is -0.613. The number of thiol groups is 1. The van der Waals surface area contributed by atoms with E-state index in [1.807, 2.05) is 0 Å². The Labute approximate surface area is 87.9 Å². The largest absolute Gasteiger partial charge is 0.573 e. The van der Waals surface area contributed by atoms with Crippen LogP contribution in [0.25, 0.3) is 0 Å². The maximum Gasteiger partial charge on any atom is 0.573 e. The molecule has 0 saturated carbocycles. The van der Waals surface area contributed by atoms with E-state index in [0.29, 0.717) is 0 Å². The highest BCUT2D eigenvalue weighted by Crippen LogP contribution is 2.29. The number of alkyl halides is 3. The van der Waals surface area contributed by atoms with Crippen molar-refractivity contribution in [1.29, 1.82) is 0 Å². The summed E-state index contributed by atoms with van der Waals surface area (Å²) in [5.74, 6) is -2.30. The number of halogens is 3. The van der Waals surface area contributed by atoms with Crippen molar-refractivity contribution in [2.75, 3.05) is 0 Å². The molecule has 1 aromatic rings. The molecule has 15 heavy (non-hydrogen) atoms. The van der Waals surface area contributed by atoms with Gasteiger partial charge in [-0.2, -0.15) is 0 Å². The number of rotatable bonds is 2. The quantitative estimate of drug-likeness (QED) is 0.778. The standard InChI is InChI=1S/C8H5F3O3S/c9-8(10,11)14-4-2-1-3-5(15)6(4)7(12)13/h1-3,15H,(H,12,13). The molecule has 0 aliphatic rings. The Morgan fingerprint density at radius 1 is 1.40 bits per heavy atom. The Bertz CT molecular complexity index is 389. The topological polar surface area (TPSA) is 46.5 Å². The fourth-order valence-corrected chi connectivity index (χ4v) is 1.24. The Hall–Kier alpha value is -1.37. The van der Waals surface area contributed by atoms with Crippen molar-refractivity contribution in [3.63, 3.8) is 0 Å². The van der Waals surface area contributed by atoms with E-state index in [0.717, 1.165) is 6.07 Å². The van der Waals surface area contributed by atoms with Crippen molar-refractivity contribution >= 4 is 18.6 Å². The second-order valence-corrected chi connectivity index (χ2v) is 2.99. The summed E-state index contributed by atoms with van der Waals surface area (Å²) in [6, 6.07) is 3.39. The van der Waals surface area contributed by atoms with Crippen LogP contribution in [0.2, 0.25) is 0 Å². The molecule has 0 saturated heterocycles. The molecule has 1 N–H and O–H groups in total. The van der Waals surface area contributed by atoms with Crippen molar-refractivity contribution in [2.24, 2.45) is 0 Å². The predicted molar refractivity (Wildman–Crippen MR) is 47.3 cm³/mol. The fraction of sp³-hybridized carbons (Fsp3) is 0.125. The van der Waals surface area contributed by atoms with Crippen LogP contribution in [0.15, 0.2) is 23.1 Å². The summed E-state index contributed by atoms with van der Waals surface area (Å²) in [6.07, 6.45) is -4.92. The number of hydrogen-bond donors (Lipinski definition) is 2. The zero-order valence-electron chi connectivity index (χ0n) is 7.08. The molecule has 0 radical (unpaired) electrons. The molecule has 0 bridgehead atoms. The minimum absolute atomic E-state index is 0.0933. The van der Waals surface area contributed by atoms with E-state index in [1.54, 1.807) is 0 Å². The Morgan fingerprint density at radius 2 is 2.00 bits per heavy atom. The van der Waals surface area contributed by atoms with E-state index < -0.39 is 23.6 Å². The molecule has 0 unspecified atom stereocenters. The summed E-state index contributed by atoms with van der Waals surface area (Å²) >= 11 is 3.73. The first-order valence-electron chi connectivity index (χ1n) is 3.62. The average Bonchev–Trinajstić information content (AvgIpc) is 1.99. The van der Waals surface area contributed by atoms with Gasteiger partial charge in [0.25, 0.3) is 0 Å². The van der Waals surface area contributed by atoms with Crippen LogP contribution in [0.4, 0.5) is 13.2 Å². The minimum Gasteiger partial charge on any atom is -0.478 e. The van der Waals surface area contributed by atoms with E-state index in [2.05, 4.69) is 17.4 Å². The second kappa shape index (κ2) is 4.01. The SMILES string of the molecule is O=C(O)c1c(S)cccc1OC(F)(F)F. The van der Waals surface area contributed by atoms with Crippen LogP contribution in [0.3, 0.4) is 0 Å². The van der Waals surface area contributed by atoms with Crippen molar-refractivity contribution in [3.05, 3.63) is 23.8 Å². The van der Waals surface area contributed by atoms with Gasteiger partial charge in [-0.1, -0.05) is 6.07 Å². The molecule has 1 aromatic carbocycles. The molecule has 0 amide bonds. The van der Waals surface area contributed by atoms with Crippen LogP contribution in [-0.4, -0.2) is 17.4 Å². The zero-order chi connectivity index (χ0) is 11.6. The van der Waals surface area contributed by atoms with E-state index in [-0.39, 0.29) is 4.90 Å². The first-order valence-corrected chi connectivity index (χ1v) is 4.07. The Morgan fingerprint density at radius 3 is 2.47 bits per heavy atom. The summed E-state index contributed by atoms with van der Waals surface area (Å²) in [5, 5.41) is 8.65. The maximum atomic E-state index is 11.9. The number of aromatic carboxylic acids is 1. The van der Waals surface area contributed by atoms with Crippen molar-refractivity contribution in [2.45, 2.75) is 11.3 Å². The fourth-order valence-electron chi connectivity index (χ4n) is 0.944. The van der Waals surface area contributed by atoms with Crippen LogP contribution in [0, 0.1) is 0 Å². The zero-order valence-corrected chi connectivity index (χ0v) is 7.97. The smallest absolute Gasteiger partial charge is 0.478 e. The van der Waals surface area contributed by atoms with Gasteiger partial charge in [0.2, 0.25) is 0 Å². The van der Waals surface area contributed by atoms with E-state index in [4.69, 9.17) is 5.11 Å². The molecule has 82 valence electrons. The first kappa shape index (κ1) is 11.7. The lowest BCUT2D eigenvalue weighted by Crippen LogP contribution is -2.19. The molecule has 7 heteroatoms. The third-order valence-corrected chi connectivity index (χ3v) is 1.82. The van der Waals surface area contributed by atoms with Gasteiger partial charge in [-0.25, -0.2) is 4.79 Å².